The highest BCUT2D eigenvalue weighted by Crippen LogP contribution is 2.23. The number of hydrogen-bond donors (Lipinski definition) is 1. The van der Waals surface area contributed by atoms with Crippen LogP contribution in [0.15, 0.2) is 41.1 Å². The monoisotopic (exact) mass is 276 g/mol. The van der Waals surface area contributed by atoms with Gasteiger partial charge < -0.3 is 9.84 Å². The lowest BCUT2D eigenvalue weighted by molar-refractivity contribution is 0.167. The third kappa shape index (κ3) is 4.37. The Morgan fingerprint density at radius 1 is 1.32 bits per heavy atom. The molecule has 2 nitrogen and oxygen atoms in total. The summed E-state index contributed by atoms with van der Waals surface area (Å²) in [6, 6.07) is 9.88. The molecule has 0 radical (unpaired) electrons. The highest BCUT2D eigenvalue weighted by atomic mass is 32.1. The molecule has 19 heavy (non-hydrogen) atoms. The van der Waals surface area contributed by atoms with E-state index >= 15 is 0 Å². The zero-order chi connectivity index (χ0) is 13.5. The molecule has 2 aromatic rings. The number of aliphatic hydroxyl groups excluding tert-OH is 1. The second kappa shape index (κ2) is 7.31. The average Bonchev–Trinajstić information content (AvgIpc) is 2.96. The molecule has 1 unspecified atom stereocenters. The topological polar surface area (TPSA) is 29.5 Å². The third-order valence-electron chi connectivity index (χ3n) is 3.00. The predicted molar refractivity (Wildman–Crippen MR) is 79.8 cm³/mol. The van der Waals surface area contributed by atoms with Gasteiger partial charge in [-0.15, -0.1) is 0 Å². The first-order valence-electron chi connectivity index (χ1n) is 6.71. The smallest absolute Gasteiger partial charge is 0.119 e. The van der Waals surface area contributed by atoms with Crippen LogP contribution in [0.5, 0.6) is 5.75 Å². The molecule has 0 saturated carbocycles. The van der Waals surface area contributed by atoms with E-state index in [9.17, 15) is 5.11 Å². The fraction of sp³-hybridized carbons (Fsp3) is 0.375. The van der Waals surface area contributed by atoms with Gasteiger partial charge in [-0.3, -0.25) is 0 Å². The second-order valence-corrected chi connectivity index (χ2v) is 5.39. The Hall–Kier alpha value is -1.32. The first-order valence-corrected chi connectivity index (χ1v) is 7.65. The summed E-state index contributed by atoms with van der Waals surface area (Å²) in [7, 11) is 0. The van der Waals surface area contributed by atoms with Crippen LogP contribution in [-0.4, -0.2) is 11.7 Å². The van der Waals surface area contributed by atoms with Gasteiger partial charge >= 0.3 is 0 Å². The van der Waals surface area contributed by atoms with Crippen LogP contribution in [0.3, 0.4) is 0 Å². The molecule has 0 amide bonds. The SMILES string of the molecule is CCCOc1cccc(C(O)CCc2ccsc2)c1. The van der Waals surface area contributed by atoms with Crippen LogP contribution in [0.25, 0.3) is 0 Å². The zero-order valence-electron chi connectivity index (χ0n) is 11.2. The number of aryl methyl sites for hydroxylation is 1. The Morgan fingerprint density at radius 3 is 2.95 bits per heavy atom. The lowest BCUT2D eigenvalue weighted by atomic mass is 10.0. The van der Waals surface area contributed by atoms with Gasteiger partial charge in [0.2, 0.25) is 0 Å². The summed E-state index contributed by atoms with van der Waals surface area (Å²) in [6.45, 7) is 2.80. The van der Waals surface area contributed by atoms with E-state index in [1.807, 2.05) is 24.3 Å². The number of rotatable bonds is 7. The number of aliphatic hydroxyl groups is 1. The van der Waals surface area contributed by atoms with Crippen LogP contribution in [0.2, 0.25) is 0 Å². The average molecular weight is 276 g/mol. The predicted octanol–water partition coefficient (Wildman–Crippen LogP) is 4.20. The van der Waals surface area contributed by atoms with Gasteiger partial charge in [0.05, 0.1) is 12.7 Å². The van der Waals surface area contributed by atoms with Gasteiger partial charge in [0.15, 0.2) is 0 Å². The quantitative estimate of drug-likeness (QED) is 0.821. The number of hydrogen-bond acceptors (Lipinski definition) is 3. The summed E-state index contributed by atoms with van der Waals surface area (Å²) in [5, 5.41) is 14.4. The molecule has 0 aliphatic rings. The molecule has 102 valence electrons. The third-order valence-corrected chi connectivity index (χ3v) is 3.73. The van der Waals surface area contributed by atoms with Gasteiger partial charge in [-0.25, -0.2) is 0 Å². The first kappa shape index (κ1) is 14.1. The molecule has 1 atom stereocenters. The van der Waals surface area contributed by atoms with E-state index in [-0.39, 0.29) is 0 Å². The molecule has 1 aromatic carbocycles. The first-order chi connectivity index (χ1) is 9.29. The molecule has 0 fully saturated rings. The lowest BCUT2D eigenvalue weighted by Crippen LogP contribution is -2.01. The van der Waals surface area contributed by atoms with Gasteiger partial charge in [-0.2, -0.15) is 11.3 Å². The highest BCUT2D eigenvalue weighted by Gasteiger charge is 2.09. The van der Waals surface area contributed by atoms with Crippen molar-refractivity contribution in [1.82, 2.24) is 0 Å². The van der Waals surface area contributed by atoms with Gasteiger partial charge in [0.25, 0.3) is 0 Å². The lowest BCUT2D eigenvalue weighted by Gasteiger charge is -2.12. The van der Waals surface area contributed by atoms with E-state index < -0.39 is 6.10 Å². The maximum Gasteiger partial charge on any atom is 0.119 e. The molecule has 1 heterocycles. The highest BCUT2D eigenvalue weighted by molar-refractivity contribution is 7.07. The van der Waals surface area contributed by atoms with Crippen molar-refractivity contribution in [2.24, 2.45) is 0 Å². The molecule has 0 aliphatic heterocycles. The number of thiophene rings is 1. The molecule has 0 saturated heterocycles. The maximum atomic E-state index is 10.2. The number of benzene rings is 1. The summed E-state index contributed by atoms with van der Waals surface area (Å²) >= 11 is 1.70. The molecule has 1 aromatic heterocycles. The Balaban J connectivity index is 1.92. The van der Waals surface area contributed by atoms with Crippen molar-refractivity contribution in [2.75, 3.05) is 6.61 Å². The van der Waals surface area contributed by atoms with E-state index in [0.717, 1.165) is 30.6 Å². The van der Waals surface area contributed by atoms with Crippen LogP contribution in [0.4, 0.5) is 0 Å². The van der Waals surface area contributed by atoms with Crippen LogP contribution < -0.4 is 4.74 Å². The molecule has 1 N–H and O–H groups in total. The van der Waals surface area contributed by atoms with Gasteiger partial charge in [0, 0.05) is 0 Å². The van der Waals surface area contributed by atoms with E-state index in [1.165, 1.54) is 5.56 Å². The van der Waals surface area contributed by atoms with Crippen molar-refractivity contribution in [1.29, 1.82) is 0 Å². The Labute approximate surface area is 118 Å². The van der Waals surface area contributed by atoms with Gasteiger partial charge in [-0.05, 0) is 59.3 Å². The molecule has 3 heteroatoms. The van der Waals surface area contributed by atoms with Crippen molar-refractivity contribution in [3.8, 4) is 5.75 Å². The summed E-state index contributed by atoms with van der Waals surface area (Å²) in [6.07, 6.45) is 2.22. The van der Waals surface area contributed by atoms with Crippen molar-refractivity contribution < 1.29 is 9.84 Å². The summed E-state index contributed by atoms with van der Waals surface area (Å²) in [5.74, 6) is 0.842. The van der Waals surface area contributed by atoms with Crippen LogP contribution >= 0.6 is 11.3 Å². The largest absolute Gasteiger partial charge is 0.494 e. The van der Waals surface area contributed by atoms with Crippen molar-refractivity contribution in [3.63, 3.8) is 0 Å². The maximum absolute atomic E-state index is 10.2. The Kier molecular flexibility index (Phi) is 5.43. The van der Waals surface area contributed by atoms with E-state index in [0.29, 0.717) is 6.61 Å². The van der Waals surface area contributed by atoms with Gasteiger partial charge in [0.1, 0.15) is 5.75 Å². The van der Waals surface area contributed by atoms with E-state index in [4.69, 9.17) is 4.74 Å². The van der Waals surface area contributed by atoms with E-state index in [2.05, 4.69) is 23.8 Å². The fourth-order valence-electron chi connectivity index (χ4n) is 1.94. The minimum absolute atomic E-state index is 0.426. The standard InChI is InChI=1S/C16H20O2S/c1-2-9-18-15-5-3-4-14(11-15)16(17)7-6-13-8-10-19-12-13/h3-5,8,10-12,16-17H,2,6-7,9H2,1H3. The van der Waals surface area contributed by atoms with Crippen molar-refractivity contribution in [3.05, 3.63) is 52.2 Å². The summed E-state index contributed by atoms with van der Waals surface area (Å²) in [4.78, 5) is 0. The van der Waals surface area contributed by atoms with Crippen molar-refractivity contribution >= 4 is 11.3 Å². The van der Waals surface area contributed by atoms with E-state index in [1.54, 1.807) is 11.3 Å². The summed E-state index contributed by atoms with van der Waals surface area (Å²) < 4.78 is 5.59. The normalized spacial score (nSPS) is 12.3. The molecule has 0 aliphatic carbocycles. The molecule has 0 spiro atoms. The van der Waals surface area contributed by atoms with Crippen LogP contribution in [-0.2, 0) is 6.42 Å². The summed E-state index contributed by atoms with van der Waals surface area (Å²) in [5.41, 5.74) is 2.23. The minimum Gasteiger partial charge on any atom is -0.494 e. The Morgan fingerprint density at radius 2 is 2.21 bits per heavy atom. The minimum atomic E-state index is -0.426. The van der Waals surface area contributed by atoms with Crippen LogP contribution in [0.1, 0.15) is 37.0 Å². The Bertz CT molecular complexity index is 479. The fourth-order valence-corrected chi connectivity index (χ4v) is 2.64. The second-order valence-electron chi connectivity index (χ2n) is 4.61. The molecule has 0 bridgehead atoms. The van der Waals surface area contributed by atoms with Crippen LogP contribution in [0, 0.1) is 0 Å². The van der Waals surface area contributed by atoms with Gasteiger partial charge in [-0.1, -0.05) is 19.1 Å². The molecular formula is C16H20O2S. The molecule has 2 rings (SSSR count). The number of ether oxygens (including phenoxy) is 1. The zero-order valence-corrected chi connectivity index (χ0v) is 12.0. The molecular weight excluding hydrogens is 256 g/mol. The van der Waals surface area contributed by atoms with Crippen molar-refractivity contribution in [2.45, 2.75) is 32.3 Å².